The molecule has 1 heterocycles. The van der Waals surface area contributed by atoms with E-state index in [-0.39, 0.29) is 0 Å². The number of hydrogen-bond donors (Lipinski definition) is 0. The van der Waals surface area contributed by atoms with E-state index in [1.54, 1.807) is 0 Å². The Morgan fingerprint density at radius 2 is 1.86 bits per heavy atom. The molecule has 2 nitrogen and oxygen atoms in total. The standard InChI is InChI=1S/C18H23ClN2/c1-3-21(4-2)13-10-11-17-15(12-13)18(19)14-8-6-5-7-9-16(14)20-17/h10-12H,3-9H2,1-2H3. The van der Waals surface area contributed by atoms with Crippen LogP contribution >= 0.6 is 11.6 Å². The lowest BCUT2D eigenvalue weighted by Crippen LogP contribution is -2.21. The summed E-state index contributed by atoms with van der Waals surface area (Å²) in [6.07, 6.45) is 5.90. The molecular weight excluding hydrogens is 280 g/mol. The molecule has 0 saturated carbocycles. The molecule has 2 aromatic rings. The van der Waals surface area contributed by atoms with Crippen LogP contribution in [0.2, 0.25) is 5.02 Å². The first-order chi connectivity index (χ1) is 10.2. The van der Waals surface area contributed by atoms with E-state index >= 15 is 0 Å². The van der Waals surface area contributed by atoms with E-state index in [1.807, 2.05) is 0 Å². The van der Waals surface area contributed by atoms with Crippen molar-refractivity contribution < 1.29 is 0 Å². The van der Waals surface area contributed by atoms with Gasteiger partial charge in [-0.2, -0.15) is 0 Å². The molecule has 21 heavy (non-hydrogen) atoms. The Hall–Kier alpha value is -1.28. The van der Waals surface area contributed by atoms with Gasteiger partial charge in [-0.05, 0) is 63.3 Å². The van der Waals surface area contributed by atoms with Crippen molar-refractivity contribution in [3.05, 3.63) is 34.5 Å². The summed E-state index contributed by atoms with van der Waals surface area (Å²) in [5.74, 6) is 0. The number of fused-ring (bicyclic) bond motifs is 2. The van der Waals surface area contributed by atoms with Crippen LogP contribution in [0.1, 0.15) is 44.4 Å². The first-order valence-corrected chi connectivity index (χ1v) is 8.48. The summed E-state index contributed by atoms with van der Waals surface area (Å²) in [6, 6.07) is 6.50. The van der Waals surface area contributed by atoms with Crippen LogP contribution < -0.4 is 4.90 Å². The van der Waals surface area contributed by atoms with E-state index in [1.165, 1.54) is 36.2 Å². The maximum atomic E-state index is 6.74. The lowest BCUT2D eigenvalue weighted by molar-refractivity contribution is 0.709. The topological polar surface area (TPSA) is 16.1 Å². The molecule has 0 N–H and O–H groups in total. The fourth-order valence-electron chi connectivity index (χ4n) is 3.32. The van der Waals surface area contributed by atoms with E-state index < -0.39 is 0 Å². The van der Waals surface area contributed by atoms with Gasteiger partial charge >= 0.3 is 0 Å². The fraction of sp³-hybridized carbons (Fsp3) is 0.500. The molecular formula is C18H23ClN2. The van der Waals surface area contributed by atoms with Gasteiger partial charge in [0, 0.05) is 29.9 Å². The van der Waals surface area contributed by atoms with E-state index in [9.17, 15) is 0 Å². The highest BCUT2D eigenvalue weighted by Crippen LogP contribution is 2.34. The Kier molecular flexibility index (Phi) is 4.34. The van der Waals surface area contributed by atoms with Crippen LogP contribution in [-0.2, 0) is 12.8 Å². The van der Waals surface area contributed by atoms with E-state index in [4.69, 9.17) is 16.6 Å². The molecule has 1 aliphatic rings. The minimum Gasteiger partial charge on any atom is -0.372 e. The van der Waals surface area contributed by atoms with E-state index in [2.05, 4.69) is 36.9 Å². The van der Waals surface area contributed by atoms with E-state index in [0.29, 0.717) is 0 Å². The zero-order valence-electron chi connectivity index (χ0n) is 13.0. The maximum Gasteiger partial charge on any atom is 0.0722 e. The highest BCUT2D eigenvalue weighted by Gasteiger charge is 2.16. The molecule has 0 bridgehead atoms. The van der Waals surface area contributed by atoms with Crippen molar-refractivity contribution in [2.75, 3.05) is 18.0 Å². The highest BCUT2D eigenvalue weighted by atomic mass is 35.5. The van der Waals surface area contributed by atoms with Crippen molar-refractivity contribution in [3.8, 4) is 0 Å². The molecule has 0 amide bonds. The molecule has 0 atom stereocenters. The molecule has 1 aromatic carbocycles. The molecule has 0 saturated heterocycles. The summed E-state index contributed by atoms with van der Waals surface area (Å²) in [4.78, 5) is 7.23. The number of aromatic nitrogens is 1. The third kappa shape index (κ3) is 2.74. The van der Waals surface area contributed by atoms with Crippen molar-refractivity contribution in [1.82, 2.24) is 4.98 Å². The number of anilines is 1. The molecule has 1 aromatic heterocycles. The summed E-state index contributed by atoms with van der Waals surface area (Å²) in [6.45, 7) is 6.39. The summed E-state index contributed by atoms with van der Waals surface area (Å²) in [7, 11) is 0. The molecule has 0 spiro atoms. The number of halogens is 1. The van der Waals surface area contributed by atoms with Gasteiger partial charge in [-0.3, -0.25) is 4.98 Å². The number of benzene rings is 1. The Balaban J connectivity index is 2.14. The Morgan fingerprint density at radius 1 is 1.10 bits per heavy atom. The predicted octanol–water partition coefficient (Wildman–Crippen LogP) is 5.00. The zero-order chi connectivity index (χ0) is 14.8. The van der Waals surface area contributed by atoms with Crippen LogP contribution in [0.5, 0.6) is 0 Å². The van der Waals surface area contributed by atoms with Gasteiger partial charge in [-0.25, -0.2) is 0 Å². The van der Waals surface area contributed by atoms with Crippen LogP contribution in [0, 0.1) is 0 Å². The monoisotopic (exact) mass is 302 g/mol. The molecule has 112 valence electrons. The van der Waals surface area contributed by atoms with Crippen molar-refractivity contribution >= 4 is 28.2 Å². The second kappa shape index (κ2) is 6.23. The van der Waals surface area contributed by atoms with Gasteiger partial charge in [0.2, 0.25) is 0 Å². The Morgan fingerprint density at radius 3 is 2.62 bits per heavy atom. The van der Waals surface area contributed by atoms with Crippen molar-refractivity contribution in [2.24, 2.45) is 0 Å². The van der Waals surface area contributed by atoms with Crippen molar-refractivity contribution in [2.45, 2.75) is 46.0 Å². The summed E-state index contributed by atoms with van der Waals surface area (Å²) < 4.78 is 0. The van der Waals surface area contributed by atoms with E-state index in [0.717, 1.165) is 41.9 Å². The normalized spacial score (nSPS) is 14.8. The molecule has 3 heteroatoms. The molecule has 0 unspecified atom stereocenters. The van der Waals surface area contributed by atoms with Crippen molar-refractivity contribution in [3.63, 3.8) is 0 Å². The van der Waals surface area contributed by atoms with Crippen LogP contribution in [0.3, 0.4) is 0 Å². The van der Waals surface area contributed by atoms with Crippen LogP contribution in [0.15, 0.2) is 18.2 Å². The average molecular weight is 303 g/mol. The molecule has 0 radical (unpaired) electrons. The Bertz CT molecular complexity index is 647. The third-order valence-electron chi connectivity index (χ3n) is 4.55. The SMILES string of the molecule is CCN(CC)c1ccc2nc3c(c(Cl)c2c1)CCCCC3. The van der Waals surface area contributed by atoms with Crippen molar-refractivity contribution in [1.29, 1.82) is 0 Å². The lowest BCUT2D eigenvalue weighted by Gasteiger charge is -2.22. The second-order valence-corrected chi connectivity index (χ2v) is 6.16. The third-order valence-corrected chi connectivity index (χ3v) is 4.99. The summed E-state index contributed by atoms with van der Waals surface area (Å²) >= 11 is 6.74. The highest BCUT2D eigenvalue weighted by molar-refractivity contribution is 6.36. The molecule has 1 aliphatic carbocycles. The predicted molar refractivity (Wildman–Crippen MR) is 91.6 cm³/mol. The molecule has 0 aliphatic heterocycles. The number of aryl methyl sites for hydroxylation is 1. The fourth-order valence-corrected chi connectivity index (χ4v) is 3.67. The van der Waals surface area contributed by atoms with Crippen LogP contribution in [0.4, 0.5) is 5.69 Å². The number of nitrogens with zero attached hydrogens (tertiary/aromatic N) is 2. The molecule has 0 fully saturated rings. The zero-order valence-corrected chi connectivity index (χ0v) is 13.7. The van der Waals surface area contributed by atoms with Gasteiger partial charge in [0.1, 0.15) is 0 Å². The van der Waals surface area contributed by atoms with Gasteiger partial charge in [0.05, 0.1) is 10.5 Å². The van der Waals surface area contributed by atoms with Gasteiger partial charge in [0.15, 0.2) is 0 Å². The summed E-state index contributed by atoms with van der Waals surface area (Å²) in [5.41, 5.74) is 4.79. The average Bonchev–Trinajstić information content (AvgIpc) is 2.75. The van der Waals surface area contributed by atoms with Crippen LogP contribution in [0.25, 0.3) is 10.9 Å². The number of rotatable bonds is 3. The first kappa shape index (κ1) is 14.6. The smallest absolute Gasteiger partial charge is 0.0722 e. The lowest BCUT2D eigenvalue weighted by atomic mass is 10.0. The number of pyridine rings is 1. The largest absolute Gasteiger partial charge is 0.372 e. The first-order valence-electron chi connectivity index (χ1n) is 8.10. The van der Waals surface area contributed by atoms with Gasteiger partial charge in [0.25, 0.3) is 0 Å². The minimum absolute atomic E-state index is 0.936. The minimum atomic E-state index is 0.936. The Labute approximate surface area is 132 Å². The molecule has 3 rings (SSSR count). The summed E-state index contributed by atoms with van der Waals surface area (Å²) in [5, 5.41) is 2.05. The second-order valence-electron chi connectivity index (χ2n) is 5.79. The van der Waals surface area contributed by atoms with Crippen LogP contribution in [-0.4, -0.2) is 18.1 Å². The maximum absolute atomic E-state index is 6.74. The van der Waals surface area contributed by atoms with Gasteiger partial charge in [-0.15, -0.1) is 0 Å². The van der Waals surface area contributed by atoms with Gasteiger partial charge in [-0.1, -0.05) is 18.0 Å². The van der Waals surface area contributed by atoms with Gasteiger partial charge < -0.3 is 4.90 Å². The number of hydrogen-bond acceptors (Lipinski definition) is 2. The quantitative estimate of drug-likeness (QED) is 0.741.